The zero-order valence-corrected chi connectivity index (χ0v) is 13.1. The van der Waals surface area contributed by atoms with E-state index in [-0.39, 0.29) is 4.90 Å². The second-order valence-corrected chi connectivity index (χ2v) is 6.84. The minimum Gasteiger partial charge on any atom is -0.493 e. The summed E-state index contributed by atoms with van der Waals surface area (Å²) in [5.74, 6) is -0.639. The topological polar surface area (TPSA) is 81.3 Å². The normalized spacial score (nSPS) is 11.5. The van der Waals surface area contributed by atoms with Crippen LogP contribution in [0.5, 0.6) is 5.88 Å². The summed E-state index contributed by atoms with van der Waals surface area (Å²) in [5.41, 5.74) is 0.502. The van der Waals surface area contributed by atoms with E-state index in [1.54, 1.807) is 42.5 Å². The number of aryl methyl sites for hydroxylation is 1. The molecule has 0 radical (unpaired) electrons. The zero-order chi connectivity index (χ0) is 16.6. The first-order valence-corrected chi connectivity index (χ1v) is 8.26. The van der Waals surface area contributed by atoms with Gasteiger partial charge in [0, 0.05) is 0 Å². The lowest BCUT2D eigenvalue weighted by molar-refractivity contribution is 0.443. The minimum atomic E-state index is -4.17. The van der Waals surface area contributed by atoms with Crippen molar-refractivity contribution in [1.82, 2.24) is 8.54 Å². The van der Waals surface area contributed by atoms with Crippen LogP contribution in [0.4, 0.5) is 0 Å². The Balaban J connectivity index is 2.20. The highest BCUT2D eigenvalue weighted by Gasteiger charge is 2.25. The summed E-state index contributed by atoms with van der Waals surface area (Å²) < 4.78 is 26.7. The van der Waals surface area contributed by atoms with Crippen LogP contribution in [0.15, 0.2) is 70.5 Å². The van der Waals surface area contributed by atoms with E-state index in [1.165, 1.54) is 12.1 Å². The Bertz CT molecular complexity index is 1000. The predicted molar refractivity (Wildman–Crippen MR) is 85.5 cm³/mol. The number of aromatic hydroxyl groups is 1. The minimum absolute atomic E-state index is 0.0636. The van der Waals surface area contributed by atoms with Gasteiger partial charge in [0.05, 0.1) is 16.8 Å². The van der Waals surface area contributed by atoms with E-state index >= 15 is 0 Å². The molecule has 3 rings (SSSR count). The first-order chi connectivity index (χ1) is 10.9. The lowest BCUT2D eigenvalue weighted by atomic mass is 10.2. The third-order valence-electron chi connectivity index (χ3n) is 3.43. The van der Waals surface area contributed by atoms with E-state index in [1.807, 2.05) is 6.92 Å². The molecule has 0 aliphatic carbocycles. The van der Waals surface area contributed by atoms with Crippen molar-refractivity contribution in [2.75, 3.05) is 0 Å². The molecule has 0 amide bonds. The van der Waals surface area contributed by atoms with Gasteiger partial charge in [-0.25, -0.2) is 13.2 Å². The molecule has 0 saturated carbocycles. The number of rotatable bonds is 3. The van der Waals surface area contributed by atoms with E-state index in [9.17, 15) is 18.3 Å². The van der Waals surface area contributed by atoms with Gasteiger partial charge in [-0.3, -0.25) is 4.57 Å². The molecule has 0 spiro atoms. The Morgan fingerprint density at radius 1 is 0.957 bits per heavy atom. The van der Waals surface area contributed by atoms with Crippen LogP contribution < -0.4 is 5.69 Å². The third-order valence-corrected chi connectivity index (χ3v) is 5.12. The molecular weight excluding hydrogens is 316 g/mol. The van der Waals surface area contributed by atoms with Crippen LogP contribution in [0.25, 0.3) is 5.69 Å². The number of imidazole rings is 1. The molecule has 2 aromatic carbocycles. The lowest BCUT2D eigenvalue weighted by Gasteiger charge is -2.05. The summed E-state index contributed by atoms with van der Waals surface area (Å²) in [7, 11) is -4.17. The smallest absolute Gasteiger partial charge is 0.350 e. The van der Waals surface area contributed by atoms with Crippen LogP contribution in [0, 0.1) is 6.92 Å². The molecule has 0 bridgehead atoms. The van der Waals surface area contributed by atoms with E-state index in [4.69, 9.17) is 0 Å². The van der Waals surface area contributed by atoms with Crippen molar-refractivity contribution < 1.29 is 13.5 Å². The van der Waals surface area contributed by atoms with Gasteiger partial charge in [-0.05, 0) is 31.2 Å². The van der Waals surface area contributed by atoms with Crippen molar-refractivity contribution in [2.45, 2.75) is 11.8 Å². The molecule has 0 fully saturated rings. The maximum absolute atomic E-state index is 12.6. The van der Waals surface area contributed by atoms with Gasteiger partial charge in [0.1, 0.15) is 0 Å². The summed E-state index contributed by atoms with van der Waals surface area (Å²) in [6.07, 6.45) is 1.09. The highest BCUT2D eigenvalue weighted by atomic mass is 32.2. The first kappa shape index (κ1) is 15.1. The van der Waals surface area contributed by atoms with Gasteiger partial charge in [-0.1, -0.05) is 35.9 Å². The molecule has 0 unspecified atom stereocenters. The zero-order valence-electron chi connectivity index (χ0n) is 12.2. The second-order valence-electron chi connectivity index (χ2n) is 5.06. The van der Waals surface area contributed by atoms with Gasteiger partial charge in [0.2, 0.25) is 5.88 Å². The molecule has 7 heteroatoms. The Hall–Kier alpha value is -2.80. The van der Waals surface area contributed by atoms with Gasteiger partial charge in [-0.15, -0.1) is 3.97 Å². The second kappa shape index (κ2) is 5.44. The Labute approximate surface area is 132 Å². The highest BCUT2D eigenvalue weighted by molar-refractivity contribution is 7.90. The number of benzene rings is 2. The summed E-state index contributed by atoms with van der Waals surface area (Å²) in [5, 5.41) is 9.99. The van der Waals surface area contributed by atoms with Gasteiger partial charge in [0.25, 0.3) is 10.0 Å². The molecule has 3 aromatic rings. The van der Waals surface area contributed by atoms with Crippen molar-refractivity contribution >= 4 is 10.0 Å². The van der Waals surface area contributed by atoms with Crippen molar-refractivity contribution in [3.05, 3.63) is 76.8 Å². The van der Waals surface area contributed by atoms with Crippen molar-refractivity contribution in [2.24, 2.45) is 0 Å². The van der Waals surface area contributed by atoms with E-state index in [0.717, 1.165) is 16.3 Å². The quantitative estimate of drug-likeness (QED) is 0.795. The average Bonchev–Trinajstić information content (AvgIpc) is 2.84. The van der Waals surface area contributed by atoms with Crippen LogP contribution in [-0.4, -0.2) is 22.1 Å². The van der Waals surface area contributed by atoms with Gasteiger partial charge < -0.3 is 5.11 Å². The molecule has 118 valence electrons. The Morgan fingerprint density at radius 2 is 1.57 bits per heavy atom. The van der Waals surface area contributed by atoms with Gasteiger partial charge in [-0.2, -0.15) is 0 Å². The predicted octanol–water partition coefficient (Wildman–Crippen LogP) is 1.89. The molecule has 0 aliphatic heterocycles. The van der Waals surface area contributed by atoms with Crippen LogP contribution >= 0.6 is 0 Å². The summed E-state index contributed by atoms with van der Waals surface area (Å²) in [4.78, 5) is 12.4. The lowest BCUT2D eigenvalue weighted by Crippen LogP contribution is -2.28. The molecule has 0 atom stereocenters. The molecule has 0 saturated heterocycles. The van der Waals surface area contributed by atoms with E-state index < -0.39 is 21.6 Å². The summed E-state index contributed by atoms with van der Waals surface area (Å²) in [6, 6.07) is 14.5. The highest BCUT2D eigenvalue weighted by Crippen LogP contribution is 2.19. The monoisotopic (exact) mass is 330 g/mol. The number of hydrogen-bond acceptors (Lipinski definition) is 4. The summed E-state index contributed by atoms with van der Waals surface area (Å²) >= 11 is 0. The Kier molecular flexibility index (Phi) is 3.57. The largest absolute Gasteiger partial charge is 0.493 e. The number of aromatic nitrogens is 2. The first-order valence-electron chi connectivity index (χ1n) is 6.82. The molecular formula is C16H14N2O4S. The number of hydrogen-bond donors (Lipinski definition) is 1. The van der Waals surface area contributed by atoms with Gasteiger partial charge in [0.15, 0.2) is 0 Å². The average molecular weight is 330 g/mol. The van der Waals surface area contributed by atoms with E-state index in [0.29, 0.717) is 9.66 Å². The molecule has 23 heavy (non-hydrogen) atoms. The van der Waals surface area contributed by atoms with Crippen LogP contribution in [0.3, 0.4) is 0 Å². The SMILES string of the molecule is Cc1ccc(S(=O)(=O)n2c(O)cn(-c3ccccc3)c2=O)cc1. The number of nitrogens with zero attached hydrogens (tertiary/aromatic N) is 2. The fourth-order valence-corrected chi connectivity index (χ4v) is 3.51. The number of para-hydroxylation sites is 1. The fraction of sp³-hybridized carbons (Fsp3) is 0.0625. The van der Waals surface area contributed by atoms with Crippen molar-refractivity contribution in [3.8, 4) is 11.6 Å². The molecule has 1 N–H and O–H groups in total. The maximum atomic E-state index is 12.6. The van der Waals surface area contributed by atoms with Crippen LogP contribution in [-0.2, 0) is 10.0 Å². The molecule has 1 aromatic heterocycles. The third kappa shape index (κ3) is 2.55. The van der Waals surface area contributed by atoms with Crippen molar-refractivity contribution in [1.29, 1.82) is 0 Å². The van der Waals surface area contributed by atoms with Crippen LogP contribution in [0.2, 0.25) is 0 Å². The molecule has 0 aliphatic rings. The summed E-state index contributed by atoms with van der Waals surface area (Å²) in [6.45, 7) is 1.83. The standard InChI is InChI=1S/C16H14N2O4S/c1-12-7-9-14(10-8-12)23(21,22)18-15(19)11-17(16(18)20)13-5-3-2-4-6-13/h2-11,19H,1H3. The maximum Gasteiger partial charge on any atom is 0.350 e. The molecule has 1 heterocycles. The molecule has 6 nitrogen and oxygen atoms in total. The van der Waals surface area contributed by atoms with E-state index in [2.05, 4.69) is 0 Å². The fourth-order valence-electron chi connectivity index (χ4n) is 2.23. The van der Waals surface area contributed by atoms with Crippen molar-refractivity contribution in [3.63, 3.8) is 0 Å². The van der Waals surface area contributed by atoms with Gasteiger partial charge >= 0.3 is 5.69 Å². The Morgan fingerprint density at radius 3 is 2.17 bits per heavy atom. The van der Waals surface area contributed by atoms with Crippen LogP contribution in [0.1, 0.15) is 5.56 Å².